The number of pyridine rings is 1. The Morgan fingerprint density at radius 1 is 1.15 bits per heavy atom. The van der Waals surface area contributed by atoms with Gasteiger partial charge < -0.3 is 15.1 Å². The van der Waals surface area contributed by atoms with Crippen LogP contribution in [0.5, 0.6) is 0 Å². The topological polar surface area (TPSA) is 48.5 Å². The summed E-state index contributed by atoms with van der Waals surface area (Å²) in [6.07, 6.45) is 2.48. The van der Waals surface area contributed by atoms with E-state index in [1.54, 1.807) is 6.20 Å². The highest BCUT2D eigenvalue weighted by atomic mass is 35.5. The molecule has 1 aliphatic rings. The largest absolute Gasteiger partial charge is 0.369 e. The van der Waals surface area contributed by atoms with E-state index in [9.17, 15) is 4.79 Å². The molecule has 1 saturated heterocycles. The third-order valence-electron chi connectivity index (χ3n) is 4.77. The standard InChI is InChI=1S/C20H25ClN4O/c1-2-24-11-13-25(14-12-24)18-8-10-22-19(15-18)20(26)23-9-7-16-3-5-17(21)6-4-16/h3-6,8,10,15H,2,7,9,11-14H2,1H3,(H,23,26). The summed E-state index contributed by atoms with van der Waals surface area (Å²) in [5, 5.41) is 3.67. The molecule has 0 unspecified atom stereocenters. The van der Waals surface area contributed by atoms with Gasteiger partial charge in [-0.2, -0.15) is 0 Å². The Bertz CT molecular complexity index is 727. The summed E-state index contributed by atoms with van der Waals surface area (Å²) in [6.45, 7) is 7.93. The molecule has 26 heavy (non-hydrogen) atoms. The molecule has 0 aliphatic carbocycles. The van der Waals surface area contributed by atoms with E-state index >= 15 is 0 Å². The molecule has 0 atom stereocenters. The maximum absolute atomic E-state index is 12.4. The summed E-state index contributed by atoms with van der Waals surface area (Å²) in [5.41, 5.74) is 2.68. The SMILES string of the molecule is CCN1CCN(c2ccnc(C(=O)NCCc3ccc(Cl)cc3)c2)CC1. The molecule has 0 radical (unpaired) electrons. The van der Waals surface area contributed by atoms with Gasteiger partial charge in [-0.25, -0.2) is 0 Å². The Hall–Kier alpha value is -2.11. The number of carbonyl (C=O) groups excluding carboxylic acids is 1. The number of nitrogens with one attached hydrogen (secondary N) is 1. The summed E-state index contributed by atoms with van der Waals surface area (Å²) >= 11 is 5.89. The van der Waals surface area contributed by atoms with Crippen LogP contribution in [0.4, 0.5) is 5.69 Å². The minimum atomic E-state index is -0.131. The lowest BCUT2D eigenvalue weighted by atomic mass is 10.1. The molecule has 0 spiro atoms. The molecule has 5 nitrogen and oxygen atoms in total. The van der Waals surface area contributed by atoms with Crippen molar-refractivity contribution < 1.29 is 4.79 Å². The van der Waals surface area contributed by atoms with Crippen LogP contribution in [0.3, 0.4) is 0 Å². The average Bonchev–Trinajstić information content (AvgIpc) is 2.69. The number of amides is 1. The van der Waals surface area contributed by atoms with Gasteiger partial charge in [0.05, 0.1) is 0 Å². The van der Waals surface area contributed by atoms with Crippen LogP contribution in [0.1, 0.15) is 23.0 Å². The van der Waals surface area contributed by atoms with Gasteiger partial charge in [0.15, 0.2) is 0 Å². The molecule has 1 aromatic heterocycles. The normalized spacial score (nSPS) is 15.1. The summed E-state index contributed by atoms with van der Waals surface area (Å²) in [4.78, 5) is 21.4. The number of hydrogen-bond acceptors (Lipinski definition) is 4. The van der Waals surface area contributed by atoms with E-state index in [1.807, 2.05) is 36.4 Å². The third-order valence-corrected chi connectivity index (χ3v) is 5.03. The fraction of sp³-hybridized carbons (Fsp3) is 0.400. The van der Waals surface area contributed by atoms with E-state index in [4.69, 9.17) is 11.6 Å². The monoisotopic (exact) mass is 372 g/mol. The number of aromatic nitrogens is 1. The van der Waals surface area contributed by atoms with Crippen LogP contribution in [0, 0.1) is 0 Å². The lowest BCUT2D eigenvalue weighted by molar-refractivity contribution is 0.0949. The Kier molecular flexibility index (Phi) is 6.47. The van der Waals surface area contributed by atoms with Gasteiger partial charge in [-0.1, -0.05) is 30.7 Å². The van der Waals surface area contributed by atoms with Gasteiger partial charge in [-0.15, -0.1) is 0 Å². The minimum Gasteiger partial charge on any atom is -0.369 e. The van der Waals surface area contributed by atoms with Crippen molar-refractivity contribution in [3.8, 4) is 0 Å². The van der Waals surface area contributed by atoms with Crippen LogP contribution in [-0.4, -0.2) is 55.1 Å². The van der Waals surface area contributed by atoms with Crippen molar-refractivity contribution in [2.45, 2.75) is 13.3 Å². The molecule has 1 amide bonds. The van der Waals surface area contributed by atoms with Gasteiger partial charge in [0.2, 0.25) is 0 Å². The van der Waals surface area contributed by atoms with Crippen molar-refractivity contribution in [1.29, 1.82) is 0 Å². The molecule has 2 aromatic rings. The van der Waals surface area contributed by atoms with E-state index in [0.29, 0.717) is 12.2 Å². The fourth-order valence-electron chi connectivity index (χ4n) is 3.12. The first-order valence-corrected chi connectivity index (χ1v) is 9.49. The van der Waals surface area contributed by atoms with Crippen molar-refractivity contribution in [2.24, 2.45) is 0 Å². The molecule has 138 valence electrons. The first-order valence-electron chi connectivity index (χ1n) is 9.11. The summed E-state index contributed by atoms with van der Waals surface area (Å²) < 4.78 is 0. The maximum Gasteiger partial charge on any atom is 0.269 e. The number of halogens is 1. The van der Waals surface area contributed by atoms with Crippen LogP contribution < -0.4 is 10.2 Å². The van der Waals surface area contributed by atoms with E-state index < -0.39 is 0 Å². The Morgan fingerprint density at radius 2 is 1.88 bits per heavy atom. The van der Waals surface area contributed by atoms with Crippen molar-refractivity contribution in [3.63, 3.8) is 0 Å². The molecule has 6 heteroatoms. The van der Waals surface area contributed by atoms with Crippen LogP contribution in [0.2, 0.25) is 5.02 Å². The van der Waals surface area contributed by atoms with Crippen LogP contribution in [0.25, 0.3) is 0 Å². The van der Waals surface area contributed by atoms with Crippen molar-refractivity contribution in [1.82, 2.24) is 15.2 Å². The quantitative estimate of drug-likeness (QED) is 0.847. The smallest absolute Gasteiger partial charge is 0.269 e. The zero-order valence-electron chi connectivity index (χ0n) is 15.1. The zero-order chi connectivity index (χ0) is 18.4. The number of benzene rings is 1. The minimum absolute atomic E-state index is 0.131. The highest BCUT2D eigenvalue weighted by Gasteiger charge is 2.17. The molecular weight excluding hydrogens is 348 g/mol. The van der Waals surface area contributed by atoms with Gasteiger partial charge >= 0.3 is 0 Å². The number of rotatable bonds is 6. The van der Waals surface area contributed by atoms with Crippen LogP contribution >= 0.6 is 11.6 Å². The molecule has 0 saturated carbocycles. The number of nitrogens with zero attached hydrogens (tertiary/aromatic N) is 3. The summed E-state index contributed by atoms with van der Waals surface area (Å²) in [6, 6.07) is 11.5. The van der Waals surface area contributed by atoms with E-state index in [2.05, 4.69) is 27.0 Å². The fourth-order valence-corrected chi connectivity index (χ4v) is 3.25. The molecular formula is C20H25ClN4O. The lowest BCUT2D eigenvalue weighted by Crippen LogP contribution is -2.46. The number of carbonyl (C=O) groups is 1. The van der Waals surface area contributed by atoms with Gasteiger partial charge in [0.25, 0.3) is 5.91 Å². The van der Waals surface area contributed by atoms with Gasteiger partial charge in [-0.05, 0) is 42.8 Å². The zero-order valence-corrected chi connectivity index (χ0v) is 15.9. The van der Waals surface area contributed by atoms with E-state index in [1.165, 1.54) is 0 Å². The second kappa shape index (κ2) is 9.01. The van der Waals surface area contributed by atoms with Gasteiger partial charge in [0.1, 0.15) is 5.69 Å². The average molecular weight is 373 g/mol. The Balaban J connectivity index is 1.53. The molecule has 2 heterocycles. The first kappa shape index (κ1) is 18.7. The van der Waals surface area contributed by atoms with Crippen LogP contribution in [0.15, 0.2) is 42.6 Å². The third kappa shape index (κ3) is 4.96. The van der Waals surface area contributed by atoms with E-state index in [0.717, 1.165) is 55.4 Å². The molecule has 1 aromatic carbocycles. The lowest BCUT2D eigenvalue weighted by Gasteiger charge is -2.35. The molecule has 3 rings (SSSR count). The van der Waals surface area contributed by atoms with Crippen molar-refractivity contribution >= 4 is 23.2 Å². The molecule has 1 aliphatic heterocycles. The highest BCUT2D eigenvalue weighted by molar-refractivity contribution is 6.30. The second-order valence-electron chi connectivity index (χ2n) is 6.45. The van der Waals surface area contributed by atoms with Crippen LogP contribution in [-0.2, 0) is 6.42 Å². The predicted octanol–water partition coefficient (Wildman–Crippen LogP) is 2.85. The number of hydrogen-bond donors (Lipinski definition) is 1. The number of piperazine rings is 1. The summed E-state index contributed by atoms with van der Waals surface area (Å²) in [5.74, 6) is -0.131. The van der Waals surface area contributed by atoms with E-state index in [-0.39, 0.29) is 5.91 Å². The number of anilines is 1. The maximum atomic E-state index is 12.4. The molecule has 0 bridgehead atoms. The number of likely N-dealkylation sites (N-methyl/N-ethyl adjacent to an activating group) is 1. The van der Waals surface area contributed by atoms with Crippen molar-refractivity contribution in [3.05, 3.63) is 58.9 Å². The molecule has 1 N–H and O–H groups in total. The van der Waals surface area contributed by atoms with Gasteiger partial charge in [-0.3, -0.25) is 9.78 Å². The molecule has 1 fully saturated rings. The highest BCUT2D eigenvalue weighted by Crippen LogP contribution is 2.17. The van der Waals surface area contributed by atoms with Crippen molar-refractivity contribution in [2.75, 3.05) is 44.2 Å². The second-order valence-corrected chi connectivity index (χ2v) is 6.89. The summed E-state index contributed by atoms with van der Waals surface area (Å²) in [7, 11) is 0. The first-order chi connectivity index (χ1) is 12.7. The van der Waals surface area contributed by atoms with Gasteiger partial charge in [0, 0.05) is 49.6 Å². The Labute approximate surface area is 160 Å². The Morgan fingerprint density at radius 3 is 2.58 bits per heavy atom. The predicted molar refractivity (Wildman–Crippen MR) is 106 cm³/mol.